The van der Waals surface area contributed by atoms with Crippen molar-refractivity contribution in [3.05, 3.63) is 42.1 Å². The maximum atomic E-state index is 12.5. The molecule has 7 nitrogen and oxygen atoms in total. The van der Waals surface area contributed by atoms with Crippen LogP contribution in [0.25, 0.3) is 0 Å². The minimum absolute atomic E-state index is 0.183. The third kappa shape index (κ3) is 4.02. The summed E-state index contributed by atoms with van der Waals surface area (Å²) >= 11 is 0. The number of hydrogen-bond acceptors (Lipinski definition) is 6. The molecule has 1 aromatic heterocycles. The van der Waals surface area contributed by atoms with Gasteiger partial charge in [0, 0.05) is 13.1 Å². The van der Waals surface area contributed by atoms with Crippen molar-refractivity contribution in [1.29, 1.82) is 0 Å². The van der Waals surface area contributed by atoms with E-state index >= 15 is 0 Å². The van der Waals surface area contributed by atoms with Crippen LogP contribution < -0.4 is 14.4 Å². The first-order valence-electron chi connectivity index (χ1n) is 7.96. The van der Waals surface area contributed by atoms with Gasteiger partial charge in [-0.05, 0) is 42.8 Å². The van der Waals surface area contributed by atoms with Gasteiger partial charge >= 0.3 is 0 Å². The Kier molecular flexibility index (Phi) is 5.10. The number of methoxy groups -OCH3 is 1. The number of benzene rings is 1. The van der Waals surface area contributed by atoms with Gasteiger partial charge < -0.3 is 14.4 Å². The van der Waals surface area contributed by atoms with E-state index in [9.17, 15) is 8.42 Å². The SMILES string of the molecule is COc1ccc(S(=O)(=O)Nc2ccc(N3CCOCC3)nc2)cc1C. The molecule has 1 N–H and O–H groups in total. The molecule has 0 spiro atoms. The normalized spacial score (nSPS) is 15.0. The molecule has 0 atom stereocenters. The summed E-state index contributed by atoms with van der Waals surface area (Å²) in [7, 11) is -2.13. The molecule has 25 heavy (non-hydrogen) atoms. The first-order valence-corrected chi connectivity index (χ1v) is 9.44. The Hall–Kier alpha value is -2.32. The van der Waals surface area contributed by atoms with Crippen LogP contribution in [-0.2, 0) is 14.8 Å². The number of aryl methyl sites for hydroxylation is 1. The zero-order valence-electron chi connectivity index (χ0n) is 14.2. The average molecular weight is 363 g/mol. The van der Waals surface area contributed by atoms with Crippen LogP contribution in [0.4, 0.5) is 11.5 Å². The van der Waals surface area contributed by atoms with E-state index in [1.807, 2.05) is 6.07 Å². The molecule has 1 fully saturated rings. The van der Waals surface area contributed by atoms with Gasteiger partial charge in [0.1, 0.15) is 11.6 Å². The Bertz CT molecular complexity index is 831. The Labute approximate surface area is 147 Å². The van der Waals surface area contributed by atoms with Gasteiger partial charge in [0.25, 0.3) is 10.0 Å². The third-order valence-corrected chi connectivity index (χ3v) is 5.39. The summed E-state index contributed by atoms with van der Waals surface area (Å²) in [6, 6.07) is 8.26. The predicted octanol–water partition coefficient (Wildman–Crippen LogP) is 2.04. The van der Waals surface area contributed by atoms with E-state index in [1.54, 1.807) is 32.2 Å². The van der Waals surface area contributed by atoms with E-state index in [4.69, 9.17) is 9.47 Å². The van der Waals surface area contributed by atoms with Crippen LogP contribution in [0.2, 0.25) is 0 Å². The van der Waals surface area contributed by atoms with E-state index in [-0.39, 0.29) is 4.90 Å². The lowest BCUT2D eigenvalue weighted by molar-refractivity contribution is 0.122. The van der Waals surface area contributed by atoms with Gasteiger partial charge in [-0.15, -0.1) is 0 Å². The maximum Gasteiger partial charge on any atom is 0.261 e. The molecular formula is C17H21N3O4S. The van der Waals surface area contributed by atoms with Crippen molar-refractivity contribution in [2.45, 2.75) is 11.8 Å². The summed E-state index contributed by atoms with van der Waals surface area (Å²) in [4.78, 5) is 6.64. The van der Waals surface area contributed by atoms with Crippen LogP contribution in [0.5, 0.6) is 5.75 Å². The van der Waals surface area contributed by atoms with E-state index in [0.717, 1.165) is 24.5 Å². The number of aromatic nitrogens is 1. The standard InChI is InChI=1S/C17H21N3O4S/c1-13-11-15(4-5-16(13)23-2)25(21,22)19-14-3-6-17(18-12-14)20-7-9-24-10-8-20/h3-6,11-12,19H,7-10H2,1-2H3. The lowest BCUT2D eigenvalue weighted by Crippen LogP contribution is -2.36. The van der Waals surface area contributed by atoms with Crippen molar-refractivity contribution in [1.82, 2.24) is 4.98 Å². The third-order valence-electron chi connectivity index (χ3n) is 4.01. The van der Waals surface area contributed by atoms with Crippen LogP contribution >= 0.6 is 0 Å². The molecular weight excluding hydrogens is 342 g/mol. The van der Waals surface area contributed by atoms with Crippen LogP contribution in [0.1, 0.15) is 5.56 Å². The van der Waals surface area contributed by atoms with Crippen LogP contribution in [-0.4, -0.2) is 46.8 Å². The van der Waals surface area contributed by atoms with E-state index < -0.39 is 10.0 Å². The minimum atomic E-state index is -3.68. The lowest BCUT2D eigenvalue weighted by atomic mass is 10.2. The summed E-state index contributed by atoms with van der Waals surface area (Å²) in [5, 5.41) is 0. The van der Waals surface area contributed by atoms with Crippen molar-refractivity contribution in [3.63, 3.8) is 0 Å². The zero-order valence-corrected chi connectivity index (χ0v) is 15.0. The van der Waals surface area contributed by atoms with Crippen molar-refractivity contribution in [2.75, 3.05) is 43.0 Å². The highest BCUT2D eigenvalue weighted by Crippen LogP contribution is 2.23. The number of anilines is 2. The summed E-state index contributed by atoms with van der Waals surface area (Å²) in [6.45, 7) is 4.71. The van der Waals surface area contributed by atoms with Crippen LogP contribution in [0, 0.1) is 6.92 Å². The fourth-order valence-corrected chi connectivity index (χ4v) is 3.79. The summed E-state index contributed by atoms with van der Waals surface area (Å²) < 4.78 is 38.1. The molecule has 0 radical (unpaired) electrons. The van der Waals surface area contributed by atoms with Gasteiger partial charge in [0.15, 0.2) is 0 Å². The van der Waals surface area contributed by atoms with Crippen molar-refractivity contribution in [2.24, 2.45) is 0 Å². The molecule has 0 unspecified atom stereocenters. The molecule has 0 bridgehead atoms. The van der Waals surface area contributed by atoms with Gasteiger partial charge in [-0.2, -0.15) is 0 Å². The highest BCUT2D eigenvalue weighted by Gasteiger charge is 2.17. The quantitative estimate of drug-likeness (QED) is 0.876. The fourth-order valence-electron chi connectivity index (χ4n) is 2.66. The Morgan fingerprint density at radius 3 is 2.56 bits per heavy atom. The summed E-state index contributed by atoms with van der Waals surface area (Å²) in [5.74, 6) is 1.46. The number of ether oxygens (including phenoxy) is 2. The topological polar surface area (TPSA) is 80.8 Å². The molecule has 1 aliphatic heterocycles. The fraction of sp³-hybridized carbons (Fsp3) is 0.353. The van der Waals surface area contributed by atoms with Gasteiger partial charge in [-0.1, -0.05) is 0 Å². The zero-order chi connectivity index (χ0) is 17.9. The largest absolute Gasteiger partial charge is 0.496 e. The maximum absolute atomic E-state index is 12.5. The number of nitrogens with one attached hydrogen (secondary N) is 1. The van der Waals surface area contributed by atoms with Gasteiger partial charge in [-0.3, -0.25) is 4.72 Å². The molecule has 2 heterocycles. The van der Waals surface area contributed by atoms with Gasteiger partial charge in [0.05, 0.1) is 37.1 Å². The Morgan fingerprint density at radius 2 is 1.96 bits per heavy atom. The number of rotatable bonds is 5. The highest BCUT2D eigenvalue weighted by atomic mass is 32.2. The summed E-state index contributed by atoms with van der Waals surface area (Å²) in [5.41, 5.74) is 1.18. The molecule has 134 valence electrons. The molecule has 1 saturated heterocycles. The van der Waals surface area contributed by atoms with Gasteiger partial charge in [-0.25, -0.2) is 13.4 Å². The van der Waals surface area contributed by atoms with E-state index in [2.05, 4.69) is 14.6 Å². The molecule has 1 aliphatic rings. The molecule has 0 saturated carbocycles. The number of sulfonamides is 1. The smallest absolute Gasteiger partial charge is 0.261 e. The van der Waals surface area contributed by atoms with E-state index in [0.29, 0.717) is 24.7 Å². The van der Waals surface area contributed by atoms with Crippen molar-refractivity contribution >= 4 is 21.5 Å². The molecule has 0 amide bonds. The number of nitrogens with zero attached hydrogens (tertiary/aromatic N) is 2. The Morgan fingerprint density at radius 1 is 1.20 bits per heavy atom. The predicted molar refractivity (Wildman–Crippen MR) is 95.8 cm³/mol. The van der Waals surface area contributed by atoms with Crippen LogP contribution in [0.3, 0.4) is 0 Å². The minimum Gasteiger partial charge on any atom is -0.496 e. The molecule has 3 rings (SSSR count). The molecule has 1 aromatic carbocycles. The monoisotopic (exact) mass is 363 g/mol. The lowest BCUT2D eigenvalue weighted by Gasteiger charge is -2.27. The number of pyridine rings is 1. The van der Waals surface area contributed by atoms with Crippen molar-refractivity contribution in [3.8, 4) is 5.75 Å². The first-order chi connectivity index (χ1) is 12.0. The molecule has 0 aliphatic carbocycles. The molecule has 8 heteroatoms. The average Bonchev–Trinajstić information content (AvgIpc) is 2.62. The number of hydrogen-bond donors (Lipinski definition) is 1. The highest BCUT2D eigenvalue weighted by molar-refractivity contribution is 7.92. The summed E-state index contributed by atoms with van der Waals surface area (Å²) in [6.07, 6.45) is 1.53. The number of morpholine rings is 1. The van der Waals surface area contributed by atoms with Gasteiger partial charge in [0.2, 0.25) is 0 Å². The first kappa shape index (κ1) is 17.5. The second kappa shape index (κ2) is 7.28. The van der Waals surface area contributed by atoms with Crippen molar-refractivity contribution < 1.29 is 17.9 Å². The second-order valence-electron chi connectivity index (χ2n) is 5.74. The molecule has 2 aromatic rings. The second-order valence-corrected chi connectivity index (χ2v) is 7.42. The van der Waals surface area contributed by atoms with E-state index in [1.165, 1.54) is 12.3 Å². The Balaban J connectivity index is 1.75. The van der Waals surface area contributed by atoms with Crippen LogP contribution in [0.15, 0.2) is 41.4 Å².